The fourth-order valence-corrected chi connectivity index (χ4v) is 10.7. The Morgan fingerprint density at radius 3 is 2.46 bits per heavy atom. The highest BCUT2D eigenvalue weighted by Crippen LogP contribution is 2.60. The van der Waals surface area contributed by atoms with Gasteiger partial charge >= 0.3 is 0 Å². The number of anilines is 2. The van der Waals surface area contributed by atoms with Crippen molar-refractivity contribution in [2.45, 2.75) is 82.3 Å². The van der Waals surface area contributed by atoms with Crippen molar-refractivity contribution in [3.05, 3.63) is 93.5 Å². The second-order valence-corrected chi connectivity index (χ2v) is 18.4. The van der Waals surface area contributed by atoms with Crippen LogP contribution in [0, 0.1) is 5.92 Å². The third-order valence-electron chi connectivity index (χ3n) is 10.1. The minimum atomic E-state index is -3.51. The minimum Gasteiger partial charge on any atom is -0.394 e. The summed E-state index contributed by atoms with van der Waals surface area (Å²) in [6.07, 6.45) is -1.57. The first kappa shape index (κ1) is 34.4. The van der Waals surface area contributed by atoms with Gasteiger partial charge in [0.25, 0.3) is 11.8 Å². The lowest BCUT2D eigenvalue weighted by Gasteiger charge is -2.37. The largest absolute Gasteiger partial charge is 0.394 e. The summed E-state index contributed by atoms with van der Waals surface area (Å²) in [6.45, 7) is 6.82. The SMILES string of the molecule is C[C@H](O)C(=O)Nc1ccc(CN2C(=O)[C@]3(O[C@H](CC(=O)N4Cc5ccccc5C[C@H]4CO)[C@@H]([Si](C)(C)F)[C@@H]3C)c3cc(Br)ccc32)cc1. The lowest BCUT2D eigenvalue weighted by Crippen LogP contribution is -2.48. The van der Waals surface area contributed by atoms with Crippen LogP contribution >= 0.6 is 15.9 Å². The highest BCUT2D eigenvalue weighted by molar-refractivity contribution is 9.10. The van der Waals surface area contributed by atoms with Crippen LogP contribution in [-0.2, 0) is 44.2 Å². The van der Waals surface area contributed by atoms with E-state index in [-0.39, 0.29) is 31.4 Å². The highest BCUT2D eigenvalue weighted by atomic mass is 79.9. The number of ether oxygens (including phenoxy) is 1. The van der Waals surface area contributed by atoms with E-state index < -0.39 is 49.6 Å². The van der Waals surface area contributed by atoms with E-state index >= 15 is 4.11 Å². The molecule has 3 aliphatic rings. The Hall–Kier alpha value is -3.42. The van der Waals surface area contributed by atoms with E-state index in [1.54, 1.807) is 47.2 Å². The van der Waals surface area contributed by atoms with E-state index in [0.717, 1.165) is 21.2 Å². The van der Waals surface area contributed by atoms with Gasteiger partial charge < -0.3 is 34.2 Å². The number of fused-ring (bicyclic) bond motifs is 3. The van der Waals surface area contributed by atoms with E-state index in [9.17, 15) is 24.6 Å². The predicted octanol–water partition coefficient (Wildman–Crippen LogP) is 5.43. The summed E-state index contributed by atoms with van der Waals surface area (Å²) in [5, 5.41) is 22.4. The maximum Gasteiger partial charge on any atom is 0.264 e. The highest BCUT2D eigenvalue weighted by Gasteiger charge is 2.67. The van der Waals surface area contributed by atoms with Gasteiger partial charge in [-0.2, -0.15) is 0 Å². The van der Waals surface area contributed by atoms with Gasteiger partial charge in [0.1, 0.15) is 6.10 Å². The summed E-state index contributed by atoms with van der Waals surface area (Å²) in [4.78, 5) is 44.0. The number of aliphatic hydroxyl groups is 2. The van der Waals surface area contributed by atoms with E-state index in [1.165, 1.54) is 6.92 Å². The lowest BCUT2D eigenvalue weighted by atomic mass is 9.82. The van der Waals surface area contributed by atoms with Gasteiger partial charge in [-0.15, -0.1) is 0 Å². The second kappa shape index (κ2) is 13.1. The summed E-state index contributed by atoms with van der Waals surface area (Å²) in [5.41, 5.74) is 2.55. The van der Waals surface area contributed by atoms with E-state index in [0.29, 0.717) is 29.9 Å². The zero-order chi connectivity index (χ0) is 34.5. The van der Waals surface area contributed by atoms with Gasteiger partial charge in [-0.05, 0) is 73.5 Å². The average molecular weight is 739 g/mol. The third-order valence-corrected chi connectivity index (χ3v) is 13.1. The van der Waals surface area contributed by atoms with Crippen LogP contribution in [0.25, 0.3) is 0 Å². The molecule has 6 atom stereocenters. The van der Waals surface area contributed by atoms with Crippen molar-refractivity contribution in [1.82, 2.24) is 4.90 Å². The zero-order valence-electron chi connectivity index (χ0n) is 27.5. The first-order valence-corrected chi connectivity index (χ1v) is 20.0. The van der Waals surface area contributed by atoms with Gasteiger partial charge in [0.2, 0.25) is 14.3 Å². The Morgan fingerprint density at radius 2 is 1.81 bits per heavy atom. The summed E-state index contributed by atoms with van der Waals surface area (Å²) in [5.74, 6) is -1.64. The van der Waals surface area contributed by atoms with Gasteiger partial charge in [0.15, 0.2) is 5.60 Å². The quantitative estimate of drug-likeness (QED) is 0.210. The normalized spacial score (nSPS) is 25.6. The fourth-order valence-electron chi connectivity index (χ4n) is 7.83. The molecule has 6 rings (SSSR count). The number of benzene rings is 3. The van der Waals surface area contributed by atoms with Crippen molar-refractivity contribution in [3.8, 4) is 0 Å². The lowest BCUT2D eigenvalue weighted by molar-refractivity contribution is -0.151. The zero-order valence-corrected chi connectivity index (χ0v) is 30.0. The maximum absolute atomic E-state index is 16.4. The van der Waals surface area contributed by atoms with Crippen molar-refractivity contribution in [2.75, 3.05) is 16.8 Å². The molecule has 48 heavy (non-hydrogen) atoms. The molecule has 0 unspecified atom stereocenters. The molecular formula is C36H41BrFN3O6Si. The van der Waals surface area contributed by atoms with Crippen LogP contribution in [0.2, 0.25) is 18.6 Å². The third kappa shape index (κ3) is 6.13. The topological polar surface area (TPSA) is 119 Å². The summed E-state index contributed by atoms with van der Waals surface area (Å²) in [6, 6.07) is 20.0. The number of carbonyl (C=O) groups excluding carboxylic acids is 3. The number of nitrogens with zero attached hydrogens (tertiary/aromatic N) is 2. The fraction of sp³-hybridized carbons (Fsp3) is 0.417. The van der Waals surface area contributed by atoms with Crippen molar-refractivity contribution < 1.29 is 33.4 Å². The van der Waals surface area contributed by atoms with Crippen molar-refractivity contribution >= 4 is 53.4 Å². The number of aliphatic hydroxyl groups excluding tert-OH is 2. The number of halogens is 2. The summed E-state index contributed by atoms with van der Waals surface area (Å²) >= 11 is 3.56. The molecule has 0 saturated carbocycles. The van der Waals surface area contributed by atoms with Crippen molar-refractivity contribution in [1.29, 1.82) is 0 Å². The molecule has 3 aromatic rings. The molecule has 3 N–H and O–H groups in total. The van der Waals surface area contributed by atoms with Crippen LogP contribution in [-0.4, -0.2) is 66.1 Å². The molecule has 1 saturated heterocycles. The maximum atomic E-state index is 16.4. The average Bonchev–Trinajstić information content (AvgIpc) is 3.46. The van der Waals surface area contributed by atoms with Gasteiger partial charge in [0.05, 0.1) is 37.4 Å². The van der Waals surface area contributed by atoms with Gasteiger partial charge in [-0.25, -0.2) is 0 Å². The Kier molecular flexibility index (Phi) is 9.42. The first-order valence-electron chi connectivity index (χ1n) is 16.3. The number of hydrogen-bond donors (Lipinski definition) is 3. The minimum absolute atomic E-state index is 0.105. The number of carbonyl (C=O) groups is 3. The Labute approximate surface area is 289 Å². The van der Waals surface area contributed by atoms with Gasteiger partial charge in [-0.1, -0.05) is 59.3 Å². The summed E-state index contributed by atoms with van der Waals surface area (Å²) in [7, 11) is -3.51. The molecule has 0 radical (unpaired) electrons. The molecule has 3 aromatic carbocycles. The van der Waals surface area contributed by atoms with Crippen LogP contribution < -0.4 is 10.2 Å². The number of nitrogens with one attached hydrogen (secondary N) is 1. The Balaban J connectivity index is 1.31. The van der Waals surface area contributed by atoms with E-state index in [1.807, 2.05) is 49.4 Å². The molecule has 3 heterocycles. The molecule has 254 valence electrons. The van der Waals surface area contributed by atoms with Crippen LogP contribution in [0.5, 0.6) is 0 Å². The second-order valence-electron chi connectivity index (χ2n) is 13.7. The van der Waals surface area contributed by atoms with Gasteiger partial charge in [-0.3, -0.25) is 14.4 Å². The number of rotatable bonds is 8. The van der Waals surface area contributed by atoms with Crippen LogP contribution in [0.4, 0.5) is 15.5 Å². The van der Waals surface area contributed by atoms with Crippen LogP contribution in [0.15, 0.2) is 71.2 Å². The monoisotopic (exact) mass is 737 g/mol. The molecule has 0 aliphatic carbocycles. The number of hydrogen-bond acceptors (Lipinski definition) is 6. The molecule has 12 heteroatoms. The van der Waals surface area contributed by atoms with Crippen LogP contribution in [0.1, 0.15) is 42.5 Å². The summed E-state index contributed by atoms with van der Waals surface area (Å²) < 4.78 is 23.9. The predicted molar refractivity (Wildman–Crippen MR) is 186 cm³/mol. The molecule has 0 bridgehead atoms. The standard InChI is InChI=1S/C36H41BrFN3O6Si/c1-21-33(48(3,4)38)31(17-32(44)40-19-25-8-6-5-7-24(25)15-28(40)20-42)47-36(21)29-16-26(37)11-14-30(29)41(35(36)46)18-23-9-12-27(13-10-23)39-34(45)22(2)43/h5-14,16,21-22,28,31,33,42-43H,15,17-20H2,1-4H3,(H,39,45)/t21-,22-,28-,31+,33-,36+/m0/s1. The molecule has 3 amide bonds. The molecule has 1 fully saturated rings. The van der Waals surface area contributed by atoms with Crippen LogP contribution in [0.3, 0.4) is 0 Å². The molecule has 9 nitrogen and oxygen atoms in total. The molecule has 0 aromatic heterocycles. The first-order chi connectivity index (χ1) is 22.7. The van der Waals surface area contributed by atoms with Gasteiger partial charge in [0, 0.05) is 33.7 Å². The Morgan fingerprint density at radius 1 is 1.12 bits per heavy atom. The van der Waals surface area contributed by atoms with Crippen molar-refractivity contribution in [2.24, 2.45) is 5.92 Å². The van der Waals surface area contributed by atoms with E-state index in [4.69, 9.17) is 4.74 Å². The molecule has 3 aliphatic heterocycles. The Bertz CT molecular complexity index is 1730. The molecule has 1 spiro atoms. The number of amides is 3. The van der Waals surface area contributed by atoms with E-state index in [2.05, 4.69) is 21.2 Å². The van der Waals surface area contributed by atoms with Crippen molar-refractivity contribution in [3.63, 3.8) is 0 Å². The smallest absolute Gasteiger partial charge is 0.264 e. The molecular weight excluding hydrogens is 697 g/mol.